The van der Waals surface area contributed by atoms with E-state index < -0.39 is 15.6 Å². The van der Waals surface area contributed by atoms with E-state index >= 15 is 0 Å². The average Bonchev–Trinajstić information content (AvgIpc) is 2.64. The van der Waals surface area contributed by atoms with Crippen LogP contribution in [0.5, 0.6) is 5.75 Å². The van der Waals surface area contributed by atoms with Gasteiger partial charge in [0.15, 0.2) is 5.78 Å². The normalized spacial score (nSPS) is 11.5. The molecule has 8 heteroatoms. The third kappa shape index (κ3) is 4.20. The number of sulfonamides is 1. The largest absolute Gasteiger partial charge is 0.497 e. The number of pyridine rings is 1. The van der Waals surface area contributed by atoms with Crippen LogP contribution in [0.2, 0.25) is 0 Å². The molecule has 0 N–H and O–H groups in total. The van der Waals surface area contributed by atoms with Gasteiger partial charge in [-0.3, -0.25) is 9.59 Å². The first kappa shape index (κ1) is 19.9. The molecular formula is C18H22N2O5S. The van der Waals surface area contributed by atoms with Crippen LogP contribution in [0.25, 0.3) is 0 Å². The Morgan fingerprint density at radius 1 is 1.15 bits per heavy atom. The number of carbonyl (C=O) groups is 1. The molecule has 140 valence electrons. The Labute approximate surface area is 152 Å². The van der Waals surface area contributed by atoms with Gasteiger partial charge in [0.2, 0.25) is 10.0 Å². The number of rotatable bonds is 8. The van der Waals surface area contributed by atoms with E-state index in [1.807, 2.05) is 0 Å². The highest BCUT2D eigenvalue weighted by Gasteiger charge is 2.22. The van der Waals surface area contributed by atoms with Crippen molar-refractivity contribution in [3.8, 4) is 5.75 Å². The van der Waals surface area contributed by atoms with E-state index in [0.717, 1.165) is 10.6 Å². The van der Waals surface area contributed by atoms with Crippen LogP contribution >= 0.6 is 0 Å². The summed E-state index contributed by atoms with van der Waals surface area (Å²) in [5.41, 5.74) is -0.0620. The predicted octanol–water partition coefficient (Wildman–Crippen LogP) is 1.77. The van der Waals surface area contributed by atoms with Crippen LogP contribution in [0, 0.1) is 0 Å². The number of hydrogen-bond acceptors (Lipinski definition) is 5. The van der Waals surface area contributed by atoms with Crippen LogP contribution in [0.4, 0.5) is 0 Å². The van der Waals surface area contributed by atoms with Crippen molar-refractivity contribution in [3.63, 3.8) is 0 Å². The van der Waals surface area contributed by atoms with E-state index in [2.05, 4.69) is 0 Å². The van der Waals surface area contributed by atoms with Gasteiger partial charge < -0.3 is 9.30 Å². The Morgan fingerprint density at radius 2 is 1.85 bits per heavy atom. The lowest BCUT2D eigenvalue weighted by Gasteiger charge is -2.19. The van der Waals surface area contributed by atoms with Crippen LogP contribution in [0.15, 0.2) is 52.3 Å². The zero-order chi connectivity index (χ0) is 19.3. The summed E-state index contributed by atoms with van der Waals surface area (Å²) >= 11 is 0. The lowest BCUT2D eigenvalue weighted by atomic mass is 10.1. The Hall–Kier alpha value is -2.45. The molecule has 0 spiro atoms. The van der Waals surface area contributed by atoms with Crippen LogP contribution in [0.3, 0.4) is 0 Å². The van der Waals surface area contributed by atoms with Crippen molar-refractivity contribution < 1.29 is 17.9 Å². The highest BCUT2D eigenvalue weighted by molar-refractivity contribution is 7.89. The van der Waals surface area contributed by atoms with Gasteiger partial charge in [0.1, 0.15) is 5.75 Å². The number of methoxy groups -OCH3 is 1. The molecule has 0 aliphatic heterocycles. The topological polar surface area (TPSA) is 85.7 Å². The second-order valence-electron chi connectivity index (χ2n) is 5.58. The lowest BCUT2D eigenvalue weighted by Crippen LogP contribution is -2.32. The molecule has 1 aromatic carbocycles. The maximum atomic E-state index is 12.6. The van der Waals surface area contributed by atoms with Gasteiger partial charge in [-0.25, -0.2) is 8.42 Å². The number of carbonyl (C=O) groups excluding carboxylic acids is 1. The molecule has 0 unspecified atom stereocenters. The predicted molar refractivity (Wildman–Crippen MR) is 98.1 cm³/mol. The number of hydrogen-bond donors (Lipinski definition) is 0. The van der Waals surface area contributed by atoms with Crippen LogP contribution in [0.1, 0.15) is 24.2 Å². The summed E-state index contributed by atoms with van der Waals surface area (Å²) in [5.74, 6) is 0.212. The summed E-state index contributed by atoms with van der Waals surface area (Å²) in [4.78, 5) is 24.5. The summed E-state index contributed by atoms with van der Waals surface area (Å²) in [6, 6.07) is 9.00. The van der Waals surface area contributed by atoms with E-state index in [1.165, 1.54) is 23.7 Å². The van der Waals surface area contributed by atoms with Crippen molar-refractivity contribution >= 4 is 15.8 Å². The van der Waals surface area contributed by atoms with Gasteiger partial charge in [0.05, 0.1) is 18.6 Å². The maximum Gasteiger partial charge on any atom is 0.251 e. The third-order valence-corrected chi connectivity index (χ3v) is 6.04. The van der Waals surface area contributed by atoms with Crippen molar-refractivity contribution in [3.05, 3.63) is 58.5 Å². The zero-order valence-corrected chi connectivity index (χ0v) is 15.8. The molecule has 2 rings (SSSR count). The van der Waals surface area contributed by atoms with Crippen LogP contribution in [-0.2, 0) is 16.6 Å². The quantitative estimate of drug-likeness (QED) is 0.654. The van der Waals surface area contributed by atoms with Crippen molar-refractivity contribution in [1.82, 2.24) is 8.87 Å². The summed E-state index contributed by atoms with van der Waals surface area (Å²) in [5, 5.41) is 0. The SMILES string of the molecule is CCN(CC)S(=O)(=O)c1ccc(=O)n(CC(=O)c2cccc(OC)c2)c1. The minimum Gasteiger partial charge on any atom is -0.497 e. The Balaban J connectivity index is 2.36. The first-order valence-corrected chi connectivity index (χ1v) is 9.65. The van der Waals surface area contributed by atoms with Crippen LogP contribution in [-0.4, -0.2) is 43.3 Å². The number of ketones is 1. The minimum atomic E-state index is -3.71. The summed E-state index contributed by atoms with van der Waals surface area (Å²) in [6.45, 7) is 3.86. The molecule has 0 saturated carbocycles. The van der Waals surface area contributed by atoms with Gasteiger partial charge in [-0.2, -0.15) is 4.31 Å². The van der Waals surface area contributed by atoms with Crippen molar-refractivity contribution in [1.29, 1.82) is 0 Å². The minimum absolute atomic E-state index is 0.0146. The van der Waals surface area contributed by atoms with Gasteiger partial charge in [0.25, 0.3) is 5.56 Å². The van der Waals surface area contributed by atoms with Gasteiger partial charge >= 0.3 is 0 Å². The number of benzene rings is 1. The molecule has 0 bridgehead atoms. The van der Waals surface area contributed by atoms with Crippen molar-refractivity contribution in [2.24, 2.45) is 0 Å². The molecule has 0 aliphatic carbocycles. The first-order valence-electron chi connectivity index (χ1n) is 8.21. The number of Topliss-reactive ketones (excluding diaryl/α,β-unsaturated/α-hetero) is 1. The van der Waals surface area contributed by atoms with Gasteiger partial charge in [-0.1, -0.05) is 26.0 Å². The molecule has 0 radical (unpaired) electrons. The van der Waals surface area contributed by atoms with E-state index in [9.17, 15) is 18.0 Å². The second-order valence-corrected chi connectivity index (χ2v) is 7.51. The Bertz CT molecular complexity index is 946. The Morgan fingerprint density at radius 3 is 2.46 bits per heavy atom. The molecule has 1 heterocycles. The number of nitrogens with zero attached hydrogens (tertiary/aromatic N) is 2. The van der Waals surface area contributed by atoms with Crippen molar-refractivity contribution in [2.75, 3.05) is 20.2 Å². The molecule has 0 atom stereocenters. The standard InChI is InChI=1S/C18H22N2O5S/c1-4-20(5-2)26(23,24)16-9-10-18(22)19(12-16)13-17(21)14-7-6-8-15(11-14)25-3/h6-12H,4-5,13H2,1-3H3. The molecule has 2 aromatic rings. The van der Waals surface area contributed by atoms with E-state index in [4.69, 9.17) is 4.74 Å². The molecule has 0 aliphatic rings. The van der Waals surface area contributed by atoms with Gasteiger partial charge in [-0.15, -0.1) is 0 Å². The molecule has 0 fully saturated rings. The molecule has 1 aromatic heterocycles. The number of ether oxygens (including phenoxy) is 1. The monoisotopic (exact) mass is 378 g/mol. The lowest BCUT2D eigenvalue weighted by molar-refractivity contribution is 0.0970. The maximum absolute atomic E-state index is 12.6. The molecule has 0 amide bonds. The fourth-order valence-electron chi connectivity index (χ4n) is 2.54. The zero-order valence-electron chi connectivity index (χ0n) is 15.0. The fourth-order valence-corrected chi connectivity index (χ4v) is 4.02. The molecule has 7 nitrogen and oxygen atoms in total. The number of aromatic nitrogens is 1. The fraction of sp³-hybridized carbons (Fsp3) is 0.333. The van der Waals surface area contributed by atoms with Crippen LogP contribution < -0.4 is 10.3 Å². The highest BCUT2D eigenvalue weighted by atomic mass is 32.2. The smallest absolute Gasteiger partial charge is 0.251 e. The second kappa shape index (κ2) is 8.29. The van der Waals surface area contributed by atoms with E-state index in [1.54, 1.807) is 38.1 Å². The van der Waals surface area contributed by atoms with Gasteiger partial charge in [-0.05, 0) is 18.2 Å². The van der Waals surface area contributed by atoms with E-state index in [-0.39, 0.29) is 17.2 Å². The third-order valence-electron chi connectivity index (χ3n) is 4.01. The van der Waals surface area contributed by atoms with E-state index in [0.29, 0.717) is 24.4 Å². The highest BCUT2D eigenvalue weighted by Crippen LogP contribution is 2.15. The average molecular weight is 378 g/mol. The summed E-state index contributed by atoms with van der Waals surface area (Å²) in [7, 11) is -2.21. The molecule has 26 heavy (non-hydrogen) atoms. The first-order chi connectivity index (χ1) is 12.3. The molecular weight excluding hydrogens is 356 g/mol. The molecule has 0 saturated heterocycles. The Kier molecular flexibility index (Phi) is 6.33. The van der Waals surface area contributed by atoms with Crippen molar-refractivity contribution in [2.45, 2.75) is 25.3 Å². The summed E-state index contributed by atoms with van der Waals surface area (Å²) < 4.78 is 32.7. The van der Waals surface area contributed by atoms with Gasteiger partial charge in [0, 0.05) is 30.9 Å². The summed E-state index contributed by atoms with van der Waals surface area (Å²) in [6.07, 6.45) is 1.22.